The van der Waals surface area contributed by atoms with Crippen LogP contribution in [0, 0.1) is 24.7 Å². The van der Waals surface area contributed by atoms with Gasteiger partial charge in [-0.1, -0.05) is 90.7 Å². The van der Waals surface area contributed by atoms with Crippen LogP contribution in [0.3, 0.4) is 0 Å². The Labute approximate surface area is 236 Å². The first-order valence-electron chi connectivity index (χ1n) is 10.4. The van der Waals surface area contributed by atoms with Crippen molar-refractivity contribution in [2.45, 2.75) is 32.7 Å². The number of hydrogen-bond donors (Lipinski definition) is 1. The third kappa shape index (κ3) is 17.6. The zero-order chi connectivity index (χ0) is 25.6. The molecule has 0 aliphatic carbocycles. The van der Waals surface area contributed by atoms with Gasteiger partial charge in [0.2, 0.25) is 0 Å². The Morgan fingerprint density at radius 2 is 1.42 bits per heavy atom. The number of benzene rings is 2. The monoisotopic (exact) mass is 626 g/mol. The van der Waals surface area contributed by atoms with E-state index >= 15 is 0 Å². The predicted molar refractivity (Wildman–Crippen MR) is 160 cm³/mol. The summed E-state index contributed by atoms with van der Waals surface area (Å²) in [6.45, 7) is 0.0234. The van der Waals surface area contributed by atoms with Crippen molar-refractivity contribution >= 4 is 52.6 Å². The number of alkyl halides is 1. The highest BCUT2D eigenvalue weighted by Crippen LogP contribution is 2.10. The molecule has 1 unspecified atom stereocenters. The van der Waals surface area contributed by atoms with Crippen LogP contribution in [0.2, 0.25) is 0 Å². The number of rotatable bonds is 8. The highest BCUT2D eigenvalue weighted by atomic mass is 127. The summed E-state index contributed by atoms with van der Waals surface area (Å²) >= 11 is 2.24. The number of hydrogen-bond acceptors (Lipinski definition) is 6. The molecule has 0 radical (unpaired) electrons. The molecule has 0 aliphatic rings. The molecule has 8 heteroatoms. The lowest BCUT2D eigenvalue weighted by Crippen LogP contribution is -2.31. The number of halogens is 2. The van der Waals surface area contributed by atoms with Gasteiger partial charge < -0.3 is 15.2 Å². The molecular formula is C28H36ClIN2O4. The number of nitrogens with two attached hydrogens (primary N) is 1. The molecule has 2 aromatic rings. The summed E-state index contributed by atoms with van der Waals surface area (Å²) in [6, 6.07) is 19.0. The van der Waals surface area contributed by atoms with Gasteiger partial charge in [0.25, 0.3) is 0 Å². The molecule has 2 aromatic carbocycles. The van der Waals surface area contributed by atoms with Crippen molar-refractivity contribution in [1.29, 1.82) is 0 Å². The average molecular weight is 627 g/mol. The van der Waals surface area contributed by atoms with Crippen molar-refractivity contribution in [3.63, 3.8) is 0 Å². The standard InChI is InChI=1S/C16H15NO2.C7H11NO2.C4H5I.CH4.ClH/c1-19-15(18)12-17-16(13-8-4-2-5-9-13)14-10-6-3-7-11-14;1-3-4-5-6(8)7(9)10-2;1-2-3-4-5;;/h2-11H,12H2,1H3;1,6H,4-5,8H2,2H3;1H,3-4H2;1H4;1H. The molecule has 0 aromatic heterocycles. The number of carbonyl (C=O) groups is 2. The van der Waals surface area contributed by atoms with Crippen LogP contribution in [-0.4, -0.2) is 48.9 Å². The first kappa shape index (κ1) is 37.7. The number of terminal acetylenes is 2. The van der Waals surface area contributed by atoms with Gasteiger partial charge in [0.1, 0.15) is 12.6 Å². The topological polar surface area (TPSA) is 91.0 Å². The molecule has 0 bridgehead atoms. The molecule has 6 nitrogen and oxygen atoms in total. The highest BCUT2D eigenvalue weighted by Gasteiger charge is 2.11. The Kier molecular flexibility index (Phi) is 26.4. The average Bonchev–Trinajstić information content (AvgIpc) is 2.89. The number of methoxy groups -OCH3 is 2. The van der Waals surface area contributed by atoms with E-state index in [4.69, 9.17) is 18.6 Å². The van der Waals surface area contributed by atoms with Crippen LogP contribution in [0.5, 0.6) is 0 Å². The van der Waals surface area contributed by atoms with E-state index < -0.39 is 12.0 Å². The minimum atomic E-state index is -0.568. The molecule has 0 heterocycles. The van der Waals surface area contributed by atoms with Gasteiger partial charge in [0, 0.05) is 28.4 Å². The molecular weight excluding hydrogens is 591 g/mol. The molecule has 36 heavy (non-hydrogen) atoms. The number of nitrogens with zero attached hydrogens (tertiary/aromatic N) is 1. The van der Waals surface area contributed by atoms with Crippen LogP contribution in [0.4, 0.5) is 0 Å². The molecule has 0 amide bonds. The number of carbonyl (C=O) groups excluding carboxylic acids is 2. The fraction of sp³-hybridized carbons (Fsp3) is 0.321. The van der Waals surface area contributed by atoms with Gasteiger partial charge in [0.05, 0.1) is 19.9 Å². The van der Waals surface area contributed by atoms with E-state index in [2.05, 4.69) is 48.9 Å². The molecule has 1 atom stereocenters. The van der Waals surface area contributed by atoms with Crippen LogP contribution in [0.1, 0.15) is 37.8 Å². The molecule has 0 spiro atoms. The van der Waals surface area contributed by atoms with E-state index in [1.165, 1.54) is 14.2 Å². The summed E-state index contributed by atoms with van der Waals surface area (Å²) in [7, 11) is 2.67. The molecule has 0 aliphatic heterocycles. The number of ether oxygens (including phenoxy) is 2. The lowest BCUT2D eigenvalue weighted by Gasteiger charge is -2.07. The van der Waals surface area contributed by atoms with Crippen molar-refractivity contribution in [1.82, 2.24) is 0 Å². The Bertz CT molecular complexity index is 914. The van der Waals surface area contributed by atoms with Crippen molar-refractivity contribution in [2.24, 2.45) is 10.7 Å². The molecule has 2 N–H and O–H groups in total. The van der Waals surface area contributed by atoms with Crippen LogP contribution >= 0.6 is 35.0 Å². The smallest absolute Gasteiger partial charge is 0.327 e. The van der Waals surface area contributed by atoms with Gasteiger partial charge in [-0.15, -0.1) is 37.1 Å². The summed E-state index contributed by atoms with van der Waals surface area (Å²) in [5.41, 5.74) is 8.11. The summed E-state index contributed by atoms with van der Waals surface area (Å²) in [6.07, 6.45) is 11.7. The molecule has 196 valence electrons. The van der Waals surface area contributed by atoms with E-state index in [1.807, 2.05) is 60.7 Å². The summed E-state index contributed by atoms with van der Waals surface area (Å²) in [4.78, 5) is 26.2. The van der Waals surface area contributed by atoms with Crippen LogP contribution < -0.4 is 5.73 Å². The van der Waals surface area contributed by atoms with Crippen molar-refractivity contribution in [2.75, 3.05) is 25.2 Å². The highest BCUT2D eigenvalue weighted by molar-refractivity contribution is 14.1. The molecule has 0 fully saturated rings. The van der Waals surface area contributed by atoms with E-state index in [1.54, 1.807) is 0 Å². The zero-order valence-electron chi connectivity index (χ0n) is 20.0. The van der Waals surface area contributed by atoms with Crippen LogP contribution in [0.15, 0.2) is 65.7 Å². The molecule has 0 saturated heterocycles. The van der Waals surface area contributed by atoms with Gasteiger partial charge in [-0.05, 0) is 6.42 Å². The fourth-order valence-electron chi connectivity index (χ4n) is 2.31. The normalized spacial score (nSPS) is 9.28. The van der Waals surface area contributed by atoms with Gasteiger partial charge >= 0.3 is 11.9 Å². The van der Waals surface area contributed by atoms with Crippen LogP contribution in [-0.2, 0) is 19.1 Å². The minimum Gasteiger partial charge on any atom is -0.468 e. The van der Waals surface area contributed by atoms with Gasteiger partial charge in [-0.25, -0.2) is 0 Å². The van der Waals surface area contributed by atoms with E-state index in [0.717, 1.165) is 27.7 Å². The Morgan fingerprint density at radius 3 is 1.75 bits per heavy atom. The minimum absolute atomic E-state index is 0. The quantitative estimate of drug-likeness (QED) is 0.145. The maximum absolute atomic E-state index is 11.2. The SMILES string of the molecule is C.C#CCCC(N)C(=O)OC.C#CCCI.COC(=O)CN=C(c1ccccc1)c1ccccc1.Cl. The van der Waals surface area contributed by atoms with Crippen molar-refractivity contribution in [3.8, 4) is 24.7 Å². The van der Waals surface area contributed by atoms with Crippen molar-refractivity contribution < 1.29 is 19.1 Å². The van der Waals surface area contributed by atoms with Gasteiger partial charge in [0.15, 0.2) is 0 Å². The zero-order valence-corrected chi connectivity index (χ0v) is 23.0. The Balaban J connectivity index is -0.000000545. The maximum Gasteiger partial charge on any atom is 0.327 e. The fourth-order valence-corrected chi connectivity index (χ4v) is 2.62. The maximum atomic E-state index is 11.2. The first-order valence-corrected chi connectivity index (χ1v) is 12.0. The second kappa shape index (κ2) is 25.2. The molecule has 2 rings (SSSR count). The summed E-state index contributed by atoms with van der Waals surface area (Å²) < 4.78 is 10.1. The summed E-state index contributed by atoms with van der Waals surface area (Å²) in [5, 5.41) is 0. The Hall–Kier alpha value is -2.85. The molecule has 0 saturated carbocycles. The third-order valence-electron chi connectivity index (χ3n) is 4.03. The largest absolute Gasteiger partial charge is 0.468 e. The van der Waals surface area contributed by atoms with Crippen molar-refractivity contribution in [3.05, 3.63) is 71.8 Å². The van der Waals surface area contributed by atoms with Gasteiger partial charge in [-0.2, -0.15) is 0 Å². The first-order chi connectivity index (χ1) is 16.4. The lowest BCUT2D eigenvalue weighted by atomic mass is 10.0. The van der Waals surface area contributed by atoms with E-state index in [0.29, 0.717) is 12.8 Å². The van der Waals surface area contributed by atoms with E-state index in [-0.39, 0.29) is 32.3 Å². The van der Waals surface area contributed by atoms with Gasteiger partial charge in [-0.3, -0.25) is 14.6 Å². The number of esters is 2. The Morgan fingerprint density at radius 1 is 0.944 bits per heavy atom. The lowest BCUT2D eigenvalue weighted by molar-refractivity contribution is -0.142. The predicted octanol–water partition coefficient (Wildman–Crippen LogP) is 5.10. The second-order valence-electron chi connectivity index (χ2n) is 6.49. The van der Waals surface area contributed by atoms with E-state index in [9.17, 15) is 9.59 Å². The number of aliphatic imine (C=N–C) groups is 1. The third-order valence-corrected chi connectivity index (χ3v) is 4.57. The van der Waals surface area contributed by atoms with Crippen LogP contribution in [0.25, 0.3) is 0 Å². The summed E-state index contributed by atoms with van der Waals surface area (Å²) in [5.74, 6) is 4.15. The second-order valence-corrected chi connectivity index (χ2v) is 7.57.